The Balaban J connectivity index is 1.99. The Labute approximate surface area is 130 Å². The fourth-order valence-corrected chi connectivity index (χ4v) is 2.84. The molecule has 1 aromatic heterocycles. The van der Waals surface area contributed by atoms with E-state index in [4.69, 9.17) is 4.98 Å². The van der Waals surface area contributed by atoms with E-state index >= 15 is 0 Å². The Morgan fingerprint density at radius 1 is 0.818 bits per heavy atom. The standard InChI is InChI=1S/C20H16N2/c1-4-10-16(11-5-1)20-21-18-14-8-3-9-15-19(18)22(20)17-12-6-2-7-13-17/h1-14H,15H2. The van der Waals surface area contributed by atoms with Crippen LogP contribution in [0.15, 0.2) is 78.9 Å². The summed E-state index contributed by atoms with van der Waals surface area (Å²) in [4.78, 5) is 4.89. The molecule has 3 aromatic rings. The highest BCUT2D eigenvalue weighted by Gasteiger charge is 2.17. The van der Waals surface area contributed by atoms with Crippen LogP contribution in [0.1, 0.15) is 11.4 Å². The van der Waals surface area contributed by atoms with Gasteiger partial charge in [-0.05, 0) is 18.2 Å². The fourth-order valence-electron chi connectivity index (χ4n) is 2.84. The number of nitrogens with zero attached hydrogens (tertiary/aromatic N) is 2. The molecule has 1 heterocycles. The fraction of sp³-hybridized carbons (Fsp3) is 0.0500. The maximum absolute atomic E-state index is 4.89. The summed E-state index contributed by atoms with van der Waals surface area (Å²) in [5.41, 5.74) is 4.57. The Morgan fingerprint density at radius 3 is 2.32 bits per heavy atom. The van der Waals surface area contributed by atoms with Gasteiger partial charge in [0.15, 0.2) is 0 Å². The van der Waals surface area contributed by atoms with E-state index in [-0.39, 0.29) is 0 Å². The molecule has 1 aliphatic rings. The SMILES string of the molecule is C1=CCc2c(nc(-c3ccccc3)n2-c2ccccc2)C=C1. The second kappa shape index (κ2) is 5.49. The van der Waals surface area contributed by atoms with Crippen LogP contribution in [-0.4, -0.2) is 9.55 Å². The molecule has 0 fully saturated rings. The van der Waals surface area contributed by atoms with Gasteiger partial charge in [0.2, 0.25) is 0 Å². The lowest BCUT2D eigenvalue weighted by Gasteiger charge is -2.11. The molecule has 106 valence electrons. The molecule has 2 nitrogen and oxygen atoms in total. The molecule has 0 atom stereocenters. The maximum Gasteiger partial charge on any atom is 0.145 e. The van der Waals surface area contributed by atoms with Crippen molar-refractivity contribution in [1.29, 1.82) is 0 Å². The number of fused-ring (bicyclic) bond motifs is 1. The van der Waals surface area contributed by atoms with E-state index in [1.165, 1.54) is 5.69 Å². The molecule has 22 heavy (non-hydrogen) atoms. The summed E-state index contributed by atoms with van der Waals surface area (Å²) in [5.74, 6) is 0.997. The minimum absolute atomic E-state index is 0.886. The van der Waals surface area contributed by atoms with Crippen molar-refractivity contribution in [3.63, 3.8) is 0 Å². The van der Waals surface area contributed by atoms with Crippen LogP contribution in [0.4, 0.5) is 0 Å². The highest BCUT2D eigenvalue weighted by molar-refractivity contribution is 5.65. The third-order valence-corrected chi connectivity index (χ3v) is 3.86. The summed E-state index contributed by atoms with van der Waals surface area (Å²) in [6.07, 6.45) is 9.29. The lowest BCUT2D eigenvalue weighted by Crippen LogP contribution is -2.02. The zero-order valence-electron chi connectivity index (χ0n) is 12.2. The molecule has 0 radical (unpaired) electrons. The first-order chi connectivity index (χ1) is 10.9. The Morgan fingerprint density at radius 2 is 1.55 bits per heavy atom. The number of rotatable bonds is 2. The average molecular weight is 284 g/mol. The van der Waals surface area contributed by atoms with Crippen molar-refractivity contribution < 1.29 is 0 Å². The Bertz CT molecular complexity index is 840. The average Bonchev–Trinajstić information content (AvgIpc) is 2.79. The number of aromatic nitrogens is 2. The van der Waals surface area contributed by atoms with Crippen molar-refractivity contribution in [3.05, 3.63) is 90.3 Å². The van der Waals surface area contributed by atoms with Gasteiger partial charge in [-0.3, -0.25) is 4.57 Å². The minimum Gasteiger partial charge on any atom is -0.296 e. The molecule has 0 N–H and O–H groups in total. The predicted octanol–water partition coefficient (Wildman–Crippen LogP) is 4.66. The monoisotopic (exact) mass is 284 g/mol. The Hall–Kier alpha value is -2.87. The molecule has 0 aliphatic heterocycles. The summed E-state index contributed by atoms with van der Waals surface area (Å²) >= 11 is 0. The van der Waals surface area contributed by atoms with E-state index < -0.39 is 0 Å². The number of para-hydroxylation sites is 1. The predicted molar refractivity (Wildman–Crippen MR) is 90.9 cm³/mol. The third kappa shape index (κ3) is 2.19. The number of hydrogen-bond donors (Lipinski definition) is 0. The van der Waals surface area contributed by atoms with E-state index in [2.05, 4.69) is 77.4 Å². The number of imidazole rings is 1. The largest absolute Gasteiger partial charge is 0.296 e. The van der Waals surface area contributed by atoms with Crippen molar-refractivity contribution >= 4 is 6.08 Å². The zero-order chi connectivity index (χ0) is 14.8. The van der Waals surface area contributed by atoms with Crippen molar-refractivity contribution in [2.24, 2.45) is 0 Å². The topological polar surface area (TPSA) is 17.8 Å². The van der Waals surface area contributed by atoms with Gasteiger partial charge < -0.3 is 0 Å². The van der Waals surface area contributed by atoms with Crippen LogP contribution in [0.2, 0.25) is 0 Å². The van der Waals surface area contributed by atoms with Gasteiger partial charge in [0, 0.05) is 17.7 Å². The molecule has 4 rings (SSSR count). The van der Waals surface area contributed by atoms with Crippen molar-refractivity contribution in [2.45, 2.75) is 6.42 Å². The number of allylic oxidation sites excluding steroid dienone is 3. The lowest BCUT2D eigenvalue weighted by molar-refractivity contribution is 0.975. The van der Waals surface area contributed by atoms with E-state index in [0.717, 1.165) is 29.2 Å². The molecule has 2 aromatic carbocycles. The van der Waals surface area contributed by atoms with Crippen LogP contribution >= 0.6 is 0 Å². The normalized spacial score (nSPS) is 12.9. The summed E-state index contributed by atoms with van der Waals surface area (Å²) in [7, 11) is 0. The van der Waals surface area contributed by atoms with E-state index in [1.54, 1.807) is 0 Å². The molecular weight excluding hydrogens is 268 g/mol. The van der Waals surface area contributed by atoms with Gasteiger partial charge in [-0.2, -0.15) is 0 Å². The molecule has 1 aliphatic carbocycles. The molecular formula is C20H16N2. The first-order valence-electron chi connectivity index (χ1n) is 7.49. The summed E-state index contributed by atoms with van der Waals surface area (Å²) in [6.45, 7) is 0. The number of benzene rings is 2. The van der Waals surface area contributed by atoms with E-state index in [1.807, 2.05) is 12.1 Å². The molecule has 0 bridgehead atoms. The van der Waals surface area contributed by atoms with Crippen LogP contribution in [0.5, 0.6) is 0 Å². The number of hydrogen-bond acceptors (Lipinski definition) is 1. The van der Waals surface area contributed by atoms with E-state index in [9.17, 15) is 0 Å². The molecule has 0 spiro atoms. The third-order valence-electron chi connectivity index (χ3n) is 3.86. The summed E-state index contributed by atoms with van der Waals surface area (Å²) in [6, 6.07) is 20.8. The van der Waals surface area contributed by atoms with Crippen molar-refractivity contribution in [1.82, 2.24) is 9.55 Å². The molecule has 0 amide bonds. The Kier molecular flexibility index (Phi) is 3.20. The second-order valence-corrected chi connectivity index (χ2v) is 5.30. The van der Waals surface area contributed by atoms with Crippen LogP contribution in [-0.2, 0) is 6.42 Å². The van der Waals surface area contributed by atoms with Gasteiger partial charge in [0.1, 0.15) is 5.82 Å². The van der Waals surface area contributed by atoms with Crippen LogP contribution in [0.25, 0.3) is 23.2 Å². The first kappa shape index (κ1) is 12.8. The molecule has 0 saturated carbocycles. The van der Waals surface area contributed by atoms with Gasteiger partial charge in [-0.1, -0.05) is 66.8 Å². The smallest absolute Gasteiger partial charge is 0.145 e. The molecule has 2 heteroatoms. The minimum atomic E-state index is 0.886. The zero-order valence-corrected chi connectivity index (χ0v) is 12.2. The summed E-state index contributed by atoms with van der Waals surface area (Å²) in [5, 5.41) is 0. The summed E-state index contributed by atoms with van der Waals surface area (Å²) < 4.78 is 2.27. The van der Waals surface area contributed by atoms with Gasteiger partial charge in [0.05, 0.1) is 11.4 Å². The van der Waals surface area contributed by atoms with Gasteiger partial charge in [-0.25, -0.2) is 4.98 Å². The maximum atomic E-state index is 4.89. The molecule has 0 saturated heterocycles. The highest BCUT2D eigenvalue weighted by Crippen LogP contribution is 2.28. The van der Waals surface area contributed by atoms with Gasteiger partial charge in [-0.15, -0.1) is 0 Å². The van der Waals surface area contributed by atoms with Gasteiger partial charge >= 0.3 is 0 Å². The van der Waals surface area contributed by atoms with Crippen molar-refractivity contribution in [3.8, 4) is 17.1 Å². The first-order valence-corrected chi connectivity index (χ1v) is 7.49. The highest BCUT2D eigenvalue weighted by atomic mass is 15.1. The van der Waals surface area contributed by atoms with Crippen LogP contribution < -0.4 is 0 Å². The van der Waals surface area contributed by atoms with E-state index in [0.29, 0.717) is 0 Å². The van der Waals surface area contributed by atoms with Crippen LogP contribution in [0, 0.1) is 0 Å². The quantitative estimate of drug-likeness (QED) is 0.669. The second-order valence-electron chi connectivity index (χ2n) is 5.30. The lowest BCUT2D eigenvalue weighted by atomic mass is 10.2. The molecule has 0 unspecified atom stereocenters. The van der Waals surface area contributed by atoms with Crippen LogP contribution in [0.3, 0.4) is 0 Å². The van der Waals surface area contributed by atoms with Crippen molar-refractivity contribution in [2.75, 3.05) is 0 Å². The van der Waals surface area contributed by atoms with Gasteiger partial charge in [0.25, 0.3) is 0 Å².